The predicted molar refractivity (Wildman–Crippen MR) is 63.5 cm³/mol. The summed E-state index contributed by atoms with van der Waals surface area (Å²) in [6.07, 6.45) is 1.21. The quantitative estimate of drug-likeness (QED) is 0.554. The van der Waals surface area contributed by atoms with Gasteiger partial charge in [0.25, 0.3) is 0 Å². The number of thioether (sulfide) groups is 1. The van der Waals surface area contributed by atoms with E-state index in [0.29, 0.717) is 10.9 Å². The van der Waals surface area contributed by atoms with Gasteiger partial charge in [-0.15, -0.1) is 0 Å². The summed E-state index contributed by atoms with van der Waals surface area (Å²) in [4.78, 5) is 0.624. The van der Waals surface area contributed by atoms with Crippen LogP contribution in [-0.2, 0) is 0 Å². The number of nitrogens with one attached hydrogen (secondary N) is 1. The summed E-state index contributed by atoms with van der Waals surface area (Å²) >= 11 is 5.55. The Morgan fingerprint density at radius 1 is 1.42 bits per heavy atom. The van der Waals surface area contributed by atoms with Crippen LogP contribution in [0.3, 0.4) is 0 Å². The lowest BCUT2D eigenvalue weighted by molar-refractivity contribution is 0.534. The molecule has 74 valence electrons. The van der Waals surface area contributed by atoms with Crippen molar-refractivity contribution < 1.29 is 0 Å². The monoisotopic (exact) mass is 253 g/mol. The maximum absolute atomic E-state index is 3.55. The van der Waals surface area contributed by atoms with Crippen molar-refractivity contribution in [3.05, 3.63) is 0 Å². The summed E-state index contributed by atoms with van der Waals surface area (Å²) < 4.78 is 0. The van der Waals surface area contributed by atoms with Crippen molar-refractivity contribution in [3.8, 4) is 0 Å². The highest BCUT2D eigenvalue weighted by Gasteiger charge is 2.03. The molecule has 0 amide bonds. The Labute approximate surface area is 89.2 Å². The van der Waals surface area contributed by atoms with Crippen LogP contribution in [0.2, 0.25) is 0 Å². The van der Waals surface area contributed by atoms with E-state index < -0.39 is 0 Å². The summed E-state index contributed by atoms with van der Waals surface area (Å²) in [6, 6.07) is 0.636. The fourth-order valence-corrected chi connectivity index (χ4v) is 2.20. The Morgan fingerprint density at radius 3 is 2.58 bits per heavy atom. The summed E-state index contributed by atoms with van der Waals surface area (Å²) in [5, 5.41) is 3.50. The van der Waals surface area contributed by atoms with Crippen molar-refractivity contribution in [1.82, 2.24) is 5.32 Å². The van der Waals surface area contributed by atoms with E-state index in [1.54, 1.807) is 0 Å². The Morgan fingerprint density at radius 2 is 2.08 bits per heavy atom. The molecule has 12 heavy (non-hydrogen) atoms. The standard InChI is InChI=1S/C9H20BrNS/c1-4-12-6-5-11-9(3)7-8(2)10/h8-9,11H,4-7H2,1-3H3. The van der Waals surface area contributed by atoms with Crippen LogP contribution in [0.5, 0.6) is 0 Å². The number of rotatable bonds is 7. The molecule has 0 aliphatic heterocycles. The fraction of sp³-hybridized carbons (Fsp3) is 1.00. The Hall–Kier alpha value is 0.790. The SMILES string of the molecule is CCSCCNC(C)CC(C)Br. The van der Waals surface area contributed by atoms with E-state index in [9.17, 15) is 0 Å². The van der Waals surface area contributed by atoms with Crippen LogP contribution < -0.4 is 5.32 Å². The van der Waals surface area contributed by atoms with Crippen molar-refractivity contribution in [1.29, 1.82) is 0 Å². The van der Waals surface area contributed by atoms with Gasteiger partial charge in [-0.05, 0) is 19.1 Å². The molecule has 0 aliphatic carbocycles. The molecule has 0 aromatic rings. The van der Waals surface area contributed by atoms with Crippen LogP contribution in [0.4, 0.5) is 0 Å². The average molecular weight is 254 g/mol. The number of halogens is 1. The van der Waals surface area contributed by atoms with E-state index in [2.05, 4.69) is 42.0 Å². The second-order valence-electron chi connectivity index (χ2n) is 3.07. The van der Waals surface area contributed by atoms with Crippen molar-refractivity contribution in [3.63, 3.8) is 0 Å². The fourth-order valence-electron chi connectivity index (χ4n) is 1.09. The zero-order valence-corrected chi connectivity index (χ0v) is 10.7. The third kappa shape index (κ3) is 8.88. The normalized spacial score (nSPS) is 16.0. The van der Waals surface area contributed by atoms with Gasteiger partial charge in [0.1, 0.15) is 0 Å². The highest BCUT2D eigenvalue weighted by Crippen LogP contribution is 2.06. The first-order valence-corrected chi connectivity index (χ1v) is 6.69. The Kier molecular flexibility index (Phi) is 8.94. The molecule has 0 fully saturated rings. The van der Waals surface area contributed by atoms with Gasteiger partial charge in [0.05, 0.1) is 0 Å². The van der Waals surface area contributed by atoms with E-state index in [-0.39, 0.29) is 0 Å². The molecule has 3 heteroatoms. The molecule has 0 spiro atoms. The molecule has 0 heterocycles. The molecule has 0 radical (unpaired) electrons. The van der Waals surface area contributed by atoms with Crippen LogP contribution >= 0.6 is 27.7 Å². The van der Waals surface area contributed by atoms with Crippen molar-refractivity contribution >= 4 is 27.7 Å². The van der Waals surface area contributed by atoms with Crippen LogP contribution in [0.1, 0.15) is 27.2 Å². The smallest absolute Gasteiger partial charge is 0.0132 e. The molecule has 2 unspecified atom stereocenters. The second-order valence-corrected chi connectivity index (χ2v) is 6.03. The molecular weight excluding hydrogens is 234 g/mol. The minimum absolute atomic E-state index is 0.624. The number of hydrogen-bond acceptors (Lipinski definition) is 2. The van der Waals surface area contributed by atoms with E-state index in [4.69, 9.17) is 0 Å². The molecule has 0 saturated heterocycles. The van der Waals surface area contributed by atoms with E-state index in [1.807, 2.05) is 11.8 Å². The van der Waals surface area contributed by atoms with Gasteiger partial charge in [0.2, 0.25) is 0 Å². The van der Waals surface area contributed by atoms with Crippen LogP contribution in [0, 0.1) is 0 Å². The molecule has 0 saturated carbocycles. The van der Waals surface area contributed by atoms with Crippen molar-refractivity contribution in [2.45, 2.75) is 38.1 Å². The van der Waals surface area contributed by atoms with Gasteiger partial charge in [0.15, 0.2) is 0 Å². The Balaban J connectivity index is 3.14. The molecule has 0 aromatic heterocycles. The molecule has 2 atom stereocenters. The first-order chi connectivity index (χ1) is 5.66. The summed E-state index contributed by atoms with van der Waals surface area (Å²) in [5.74, 6) is 2.46. The van der Waals surface area contributed by atoms with E-state index in [1.165, 1.54) is 17.9 Å². The van der Waals surface area contributed by atoms with E-state index in [0.717, 1.165) is 6.54 Å². The summed E-state index contributed by atoms with van der Waals surface area (Å²) in [7, 11) is 0. The van der Waals surface area contributed by atoms with Crippen molar-refractivity contribution in [2.24, 2.45) is 0 Å². The molecule has 0 aliphatic rings. The highest BCUT2D eigenvalue weighted by atomic mass is 79.9. The highest BCUT2D eigenvalue weighted by molar-refractivity contribution is 9.09. The topological polar surface area (TPSA) is 12.0 Å². The third-order valence-corrected chi connectivity index (χ3v) is 2.90. The zero-order valence-electron chi connectivity index (χ0n) is 8.27. The van der Waals surface area contributed by atoms with Crippen LogP contribution in [0.15, 0.2) is 0 Å². The predicted octanol–water partition coefficient (Wildman–Crippen LogP) is 2.89. The van der Waals surface area contributed by atoms with Gasteiger partial charge in [0, 0.05) is 23.2 Å². The first kappa shape index (κ1) is 12.8. The lowest BCUT2D eigenvalue weighted by atomic mass is 10.2. The second kappa shape index (κ2) is 8.39. The molecule has 0 rings (SSSR count). The first-order valence-electron chi connectivity index (χ1n) is 4.62. The largest absolute Gasteiger partial charge is 0.313 e. The molecule has 1 nitrogen and oxygen atoms in total. The van der Waals surface area contributed by atoms with Crippen molar-refractivity contribution in [2.75, 3.05) is 18.1 Å². The average Bonchev–Trinajstić information content (AvgIpc) is 1.97. The number of alkyl halides is 1. The van der Waals surface area contributed by atoms with Gasteiger partial charge >= 0.3 is 0 Å². The summed E-state index contributed by atoms with van der Waals surface area (Å²) in [5.41, 5.74) is 0. The van der Waals surface area contributed by atoms with E-state index >= 15 is 0 Å². The maximum Gasteiger partial charge on any atom is 0.0132 e. The summed E-state index contributed by atoms with van der Waals surface area (Å²) in [6.45, 7) is 7.78. The van der Waals surface area contributed by atoms with Gasteiger partial charge in [-0.25, -0.2) is 0 Å². The minimum Gasteiger partial charge on any atom is -0.313 e. The molecule has 0 aromatic carbocycles. The molecule has 1 N–H and O–H groups in total. The lowest BCUT2D eigenvalue weighted by Gasteiger charge is -2.14. The zero-order chi connectivity index (χ0) is 9.40. The lowest BCUT2D eigenvalue weighted by Crippen LogP contribution is -2.29. The Bertz CT molecular complexity index is 98.5. The van der Waals surface area contributed by atoms with Gasteiger partial charge < -0.3 is 5.32 Å². The maximum atomic E-state index is 3.55. The molecular formula is C9H20BrNS. The van der Waals surface area contributed by atoms with Gasteiger partial charge in [-0.2, -0.15) is 11.8 Å². The molecule has 0 bridgehead atoms. The minimum atomic E-state index is 0.624. The van der Waals surface area contributed by atoms with Crippen LogP contribution in [0.25, 0.3) is 0 Å². The van der Waals surface area contributed by atoms with Crippen LogP contribution in [-0.4, -0.2) is 28.9 Å². The van der Waals surface area contributed by atoms with Gasteiger partial charge in [-0.1, -0.05) is 29.8 Å². The third-order valence-electron chi connectivity index (χ3n) is 1.62. The number of hydrogen-bond donors (Lipinski definition) is 1. The van der Waals surface area contributed by atoms with Gasteiger partial charge in [-0.3, -0.25) is 0 Å².